The molecule has 0 aromatic heterocycles. The van der Waals surface area contributed by atoms with Crippen LogP contribution in [0.5, 0.6) is 0 Å². The van der Waals surface area contributed by atoms with Gasteiger partial charge in [-0.25, -0.2) is 0 Å². The highest BCUT2D eigenvalue weighted by atomic mass is 16.1. The molecule has 0 unspecified atom stereocenters. The zero-order chi connectivity index (χ0) is 18.5. The first-order valence-electron chi connectivity index (χ1n) is 8.80. The maximum atomic E-state index is 12.4. The van der Waals surface area contributed by atoms with Crippen molar-refractivity contribution in [3.63, 3.8) is 0 Å². The van der Waals surface area contributed by atoms with Gasteiger partial charge in [-0.3, -0.25) is 4.79 Å². The number of carbonyl (C=O) groups is 1. The van der Waals surface area contributed by atoms with Gasteiger partial charge in [-0.15, -0.1) is 0 Å². The minimum absolute atomic E-state index is 0.0969. The van der Waals surface area contributed by atoms with Gasteiger partial charge >= 0.3 is 0 Å². The molecule has 132 valence electrons. The van der Waals surface area contributed by atoms with Crippen molar-refractivity contribution in [1.82, 2.24) is 0 Å². The molecule has 3 aromatic rings. The molecule has 0 atom stereocenters. The molecule has 3 heteroatoms. The van der Waals surface area contributed by atoms with E-state index in [2.05, 4.69) is 42.7 Å². The van der Waals surface area contributed by atoms with E-state index in [1.165, 1.54) is 16.7 Å². The monoisotopic (exact) mass is 344 g/mol. The minimum Gasteiger partial charge on any atom is -0.381 e. The van der Waals surface area contributed by atoms with Gasteiger partial charge in [-0.05, 0) is 61.7 Å². The minimum atomic E-state index is -0.0969. The molecule has 0 aliphatic carbocycles. The predicted molar refractivity (Wildman–Crippen MR) is 109 cm³/mol. The smallest absolute Gasteiger partial charge is 0.255 e. The molecule has 0 fully saturated rings. The van der Waals surface area contributed by atoms with Crippen LogP contribution in [0.1, 0.15) is 32.6 Å². The summed E-state index contributed by atoms with van der Waals surface area (Å²) in [4.78, 5) is 12.4. The fraction of sp³-hybridized carbons (Fsp3) is 0.174. The van der Waals surface area contributed by atoms with Crippen molar-refractivity contribution in [1.29, 1.82) is 0 Å². The Labute approximate surface area is 155 Å². The highest BCUT2D eigenvalue weighted by Crippen LogP contribution is 2.25. The fourth-order valence-corrected chi connectivity index (χ4v) is 2.93. The van der Waals surface area contributed by atoms with E-state index in [1.54, 1.807) is 0 Å². The van der Waals surface area contributed by atoms with E-state index in [9.17, 15) is 4.79 Å². The summed E-state index contributed by atoms with van der Waals surface area (Å²) in [5.41, 5.74) is 7.34. The molecule has 3 nitrogen and oxygen atoms in total. The van der Waals surface area contributed by atoms with Gasteiger partial charge in [0, 0.05) is 23.5 Å². The molecule has 2 N–H and O–H groups in total. The lowest BCUT2D eigenvalue weighted by Gasteiger charge is -2.15. The average molecular weight is 344 g/mol. The Morgan fingerprint density at radius 2 is 1.58 bits per heavy atom. The summed E-state index contributed by atoms with van der Waals surface area (Å²) in [6.07, 6.45) is 0. The fourth-order valence-electron chi connectivity index (χ4n) is 2.93. The van der Waals surface area contributed by atoms with Crippen LogP contribution in [0.25, 0.3) is 0 Å². The molecular formula is C23H24N2O. The Morgan fingerprint density at radius 3 is 2.35 bits per heavy atom. The highest BCUT2D eigenvalue weighted by molar-refractivity contribution is 6.04. The van der Waals surface area contributed by atoms with Gasteiger partial charge in [0.05, 0.1) is 0 Å². The van der Waals surface area contributed by atoms with Crippen LogP contribution in [-0.2, 0) is 6.54 Å². The zero-order valence-electron chi connectivity index (χ0n) is 15.5. The third-order valence-electron chi connectivity index (χ3n) is 4.59. The Kier molecular flexibility index (Phi) is 5.37. The van der Waals surface area contributed by atoms with Crippen LogP contribution in [0.3, 0.4) is 0 Å². The second-order valence-electron chi connectivity index (χ2n) is 6.58. The normalized spacial score (nSPS) is 10.4. The molecule has 0 spiro atoms. The number of nitrogens with one attached hydrogen (secondary N) is 2. The number of aryl methyl sites for hydroxylation is 2. The number of hydrogen-bond acceptors (Lipinski definition) is 2. The van der Waals surface area contributed by atoms with E-state index < -0.39 is 0 Å². The van der Waals surface area contributed by atoms with Crippen LogP contribution in [0.2, 0.25) is 0 Å². The molecule has 26 heavy (non-hydrogen) atoms. The summed E-state index contributed by atoms with van der Waals surface area (Å²) in [7, 11) is 0. The van der Waals surface area contributed by atoms with E-state index in [-0.39, 0.29) is 5.91 Å². The molecule has 0 heterocycles. The van der Waals surface area contributed by atoms with Crippen molar-refractivity contribution in [3.05, 3.63) is 94.5 Å². The summed E-state index contributed by atoms with van der Waals surface area (Å²) in [5.74, 6) is -0.0969. The first-order valence-corrected chi connectivity index (χ1v) is 8.80. The number of anilines is 2. The standard InChI is InChI=1S/C23H24N2O/c1-16-12-13-17(2)20(14-16)15-24-21-10-7-11-22(18(21)3)25-23(26)19-8-5-4-6-9-19/h4-14,24H,15H2,1-3H3,(H,25,26). The molecule has 0 saturated heterocycles. The van der Waals surface area contributed by atoms with E-state index in [4.69, 9.17) is 0 Å². The molecule has 0 saturated carbocycles. The number of carbonyl (C=O) groups excluding carboxylic acids is 1. The van der Waals surface area contributed by atoms with Crippen LogP contribution in [-0.4, -0.2) is 5.91 Å². The lowest BCUT2D eigenvalue weighted by Crippen LogP contribution is -2.13. The third-order valence-corrected chi connectivity index (χ3v) is 4.59. The van der Waals surface area contributed by atoms with Crippen molar-refractivity contribution in [2.45, 2.75) is 27.3 Å². The van der Waals surface area contributed by atoms with E-state index in [0.29, 0.717) is 5.56 Å². The Balaban J connectivity index is 1.75. The first-order chi connectivity index (χ1) is 12.5. The molecule has 0 aliphatic heterocycles. The van der Waals surface area contributed by atoms with E-state index in [1.807, 2.05) is 55.5 Å². The molecule has 3 aromatic carbocycles. The molecule has 0 bridgehead atoms. The van der Waals surface area contributed by atoms with Crippen LogP contribution < -0.4 is 10.6 Å². The SMILES string of the molecule is Cc1ccc(C)c(CNc2cccc(NC(=O)c3ccccc3)c2C)c1. The molecule has 0 aliphatic rings. The maximum absolute atomic E-state index is 12.4. The van der Waals surface area contributed by atoms with Gasteiger partial charge in [-0.1, -0.05) is 48.0 Å². The Morgan fingerprint density at radius 1 is 0.846 bits per heavy atom. The van der Waals surface area contributed by atoms with Crippen LogP contribution in [0.15, 0.2) is 66.7 Å². The number of amides is 1. The second kappa shape index (κ2) is 7.87. The van der Waals surface area contributed by atoms with Crippen LogP contribution >= 0.6 is 0 Å². The van der Waals surface area contributed by atoms with Gasteiger partial charge in [0.25, 0.3) is 5.91 Å². The van der Waals surface area contributed by atoms with E-state index >= 15 is 0 Å². The van der Waals surface area contributed by atoms with Gasteiger partial charge in [-0.2, -0.15) is 0 Å². The quantitative estimate of drug-likeness (QED) is 0.644. The van der Waals surface area contributed by atoms with Crippen LogP contribution in [0, 0.1) is 20.8 Å². The first kappa shape index (κ1) is 17.7. The zero-order valence-corrected chi connectivity index (χ0v) is 15.5. The maximum Gasteiger partial charge on any atom is 0.255 e. The van der Waals surface area contributed by atoms with E-state index in [0.717, 1.165) is 23.5 Å². The highest BCUT2D eigenvalue weighted by Gasteiger charge is 2.09. The molecule has 1 amide bonds. The number of hydrogen-bond donors (Lipinski definition) is 2. The van der Waals surface area contributed by atoms with Gasteiger partial charge in [0.2, 0.25) is 0 Å². The van der Waals surface area contributed by atoms with Crippen molar-refractivity contribution < 1.29 is 4.79 Å². The van der Waals surface area contributed by atoms with Crippen molar-refractivity contribution in [2.24, 2.45) is 0 Å². The average Bonchev–Trinajstić information content (AvgIpc) is 2.65. The topological polar surface area (TPSA) is 41.1 Å². The summed E-state index contributed by atoms with van der Waals surface area (Å²) in [5, 5.41) is 6.51. The predicted octanol–water partition coefficient (Wildman–Crippen LogP) is 5.48. The van der Waals surface area contributed by atoms with Crippen LogP contribution in [0.4, 0.5) is 11.4 Å². The number of rotatable bonds is 5. The summed E-state index contributed by atoms with van der Waals surface area (Å²) in [6, 6.07) is 21.7. The lowest BCUT2D eigenvalue weighted by molar-refractivity contribution is 0.102. The lowest BCUT2D eigenvalue weighted by atomic mass is 10.1. The number of benzene rings is 3. The summed E-state index contributed by atoms with van der Waals surface area (Å²) in [6.45, 7) is 7.00. The molecule has 0 radical (unpaired) electrons. The van der Waals surface area contributed by atoms with Gasteiger partial charge in [0.1, 0.15) is 0 Å². The molecule has 3 rings (SSSR count). The van der Waals surface area contributed by atoms with Gasteiger partial charge in [0.15, 0.2) is 0 Å². The van der Waals surface area contributed by atoms with Crippen molar-refractivity contribution >= 4 is 17.3 Å². The Hall–Kier alpha value is -3.07. The Bertz CT molecular complexity index is 917. The third kappa shape index (κ3) is 4.12. The van der Waals surface area contributed by atoms with Crippen molar-refractivity contribution in [3.8, 4) is 0 Å². The van der Waals surface area contributed by atoms with Gasteiger partial charge < -0.3 is 10.6 Å². The molecular weight excluding hydrogens is 320 g/mol. The summed E-state index contributed by atoms with van der Waals surface area (Å²) >= 11 is 0. The second-order valence-corrected chi connectivity index (χ2v) is 6.58. The van der Waals surface area contributed by atoms with Crippen molar-refractivity contribution in [2.75, 3.05) is 10.6 Å². The largest absolute Gasteiger partial charge is 0.381 e. The summed E-state index contributed by atoms with van der Waals surface area (Å²) < 4.78 is 0.